The average Bonchev–Trinajstić information content (AvgIpc) is 2.67. The van der Waals surface area contributed by atoms with E-state index in [2.05, 4.69) is 11.9 Å². The van der Waals surface area contributed by atoms with Gasteiger partial charge in [0.1, 0.15) is 6.61 Å². The van der Waals surface area contributed by atoms with Crippen molar-refractivity contribution in [3.63, 3.8) is 0 Å². The third-order valence-electron chi connectivity index (χ3n) is 5.81. The van der Waals surface area contributed by atoms with Gasteiger partial charge in [-0.3, -0.25) is 4.90 Å². The largest absolute Gasteiger partial charge is 0.445 e. The van der Waals surface area contributed by atoms with Gasteiger partial charge in [0.15, 0.2) is 0 Å². The van der Waals surface area contributed by atoms with Gasteiger partial charge in [-0.15, -0.1) is 0 Å². The van der Waals surface area contributed by atoms with E-state index in [9.17, 15) is 4.79 Å². The Kier molecular flexibility index (Phi) is 6.32. The second-order valence-corrected chi connectivity index (χ2v) is 7.44. The van der Waals surface area contributed by atoms with Gasteiger partial charge in [-0.1, -0.05) is 43.2 Å². The fourth-order valence-electron chi connectivity index (χ4n) is 4.18. The van der Waals surface area contributed by atoms with Crippen LogP contribution in [0.25, 0.3) is 0 Å². The molecule has 1 amide bonds. The molecule has 5 nitrogen and oxygen atoms in total. The second kappa shape index (κ2) is 8.68. The molecule has 1 saturated carbocycles. The number of likely N-dealkylation sites (N-methyl/N-ethyl adjacent to an activating group) is 1. The molecule has 1 aliphatic carbocycles. The first kappa shape index (κ1) is 18.2. The normalized spacial score (nSPS) is 25.2. The minimum absolute atomic E-state index is 0.195. The Bertz CT molecular complexity index is 543. The molecule has 3 rings (SSSR count). The third-order valence-corrected chi connectivity index (χ3v) is 5.81. The zero-order chi connectivity index (χ0) is 17.6. The molecule has 1 aromatic carbocycles. The highest BCUT2D eigenvalue weighted by Crippen LogP contribution is 2.26. The number of piperidine rings is 1. The molecule has 138 valence electrons. The van der Waals surface area contributed by atoms with E-state index >= 15 is 0 Å². The molecule has 2 aliphatic rings. The van der Waals surface area contributed by atoms with Crippen LogP contribution in [0.1, 0.15) is 44.1 Å². The van der Waals surface area contributed by atoms with Crippen LogP contribution >= 0.6 is 0 Å². The number of nitrogens with two attached hydrogens (primary N) is 1. The van der Waals surface area contributed by atoms with Crippen LogP contribution in [0.3, 0.4) is 0 Å². The van der Waals surface area contributed by atoms with Crippen LogP contribution in [0.15, 0.2) is 30.3 Å². The summed E-state index contributed by atoms with van der Waals surface area (Å²) in [6, 6.07) is 11.1. The van der Waals surface area contributed by atoms with Crippen LogP contribution < -0.4 is 5.73 Å². The first-order valence-corrected chi connectivity index (χ1v) is 9.58. The molecule has 1 saturated heterocycles. The number of ether oxygens (including phenoxy) is 1. The highest BCUT2D eigenvalue weighted by atomic mass is 16.6. The van der Waals surface area contributed by atoms with Gasteiger partial charge in [0.25, 0.3) is 0 Å². The van der Waals surface area contributed by atoms with Crippen molar-refractivity contribution in [2.75, 3.05) is 20.1 Å². The standard InChI is InChI=1S/C20H31N3O2/c1-22(19-10-6-5-9-18(19)21)17-11-13-23(14-12-17)20(24)25-15-16-7-3-2-4-8-16/h2-4,7-8,17-19H,5-6,9-15,21H2,1H3/t18-,19+/m1/s1. The summed E-state index contributed by atoms with van der Waals surface area (Å²) >= 11 is 0. The first-order valence-electron chi connectivity index (χ1n) is 9.58. The Morgan fingerprint density at radius 3 is 2.52 bits per heavy atom. The van der Waals surface area contributed by atoms with Crippen molar-refractivity contribution in [1.29, 1.82) is 0 Å². The summed E-state index contributed by atoms with van der Waals surface area (Å²) in [5, 5.41) is 0. The maximum absolute atomic E-state index is 12.3. The van der Waals surface area contributed by atoms with Gasteiger partial charge < -0.3 is 15.4 Å². The molecule has 0 spiro atoms. The van der Waals surface area contributed by atoms with E-state index in [-0.39, 0.29) is 6.09 Å². The van der Waals surface area contributed by atoms with Crippen LogP contribution in [0.4, 0.5) is 4.79 Å². The molecule has 25 heavy (non-hydrogen) atoms. The quantitative estimate of drug-likeness (QED) is 0.911. The van der Waals surface area contributed by atoms with Crippen molar-refractivity contribution in [3.05, 3.63) is 35.9 Å². The Balaban J connectivity index is 1.44. The fourth-order valence-corrected chi connectivity index (χ4v) is 4.18. The monoisotopic (exact) mass is 345 g/mol. The van der Waals surface area contributed by atoms with Gasteiger partial charge >= 0.3 is 6.09 Å². The fraction of sp³-hybridized carbons (Fsp3) is 0.650. The van der Waals surface area contributed by atoms with Crippen molar-refractivity contribution in [2.45, 2.75) is 63.3 Å². The Morgan fingerprint density at radius 1 is 1.16 bits per heavy atom. The molecule has 1 heterocycles. The minimum Gasteiger partial charge on any atom is -0.445 e. The Morgan fingerprint density at radius 2 is 1.84 bits per heavy atom. The summed E-state index contributed by atoms with van der Waals surface area (Å²) in [5.41, 5.74) is 7.36. The lowest BCUT2D eigenvalue weighted by atomic mass is 9.88. The van der Waals surface area contributed by atoms with E-state index < -0.39 is 0 Å². The molecule has 0 aromatic heterocycles. The summed E-state index contributed by atoms with van der Waals surface area (Å²) in [6.07, 6.45) is 6.70. The molecule has 2 N–H and O–H groups in total. The first-order chi connectivity index (χ1) is 12.1. The summed E-state index contributed by atoms with van der Waals surface area (Å²) in [6.45, 7) is 1.88. The topological polar surface area (TPSA) is 58.8 Å². The number of carbonyl (C=O) groups excluding carboxylic acids is 1. The van der Waals surface area contributed by atoms with E-state index in [0.29, 0.717) is 24.7 Å². The molecule has 1 aliphatic heterocycles. The smallest absolute Gasteiger partial charge is 0.410 e. The van der Waals surface area contributed by atoms with E-state index in [4.69, 9.17) is 10.5 Å². The van der Waals surface area contributed by atoms with Crippen molar-refractivity contribution in [3.8, 4) is 0 Å². The lowest BCUT2D eigenvalue weighted by Gasteiger charge is -2.43. The predicted molar refractivity (Wildman–Crippen MR) is 99.2 cm³/mol. The summed E-state index contributed by atoms with van der Waals surface area (Å²) in [5.74, 6) is 0. The average molecular weight is 345 g/mol. The molecule has 2 atom stereocenters. The maximum Gasteiger partial charge on any atom is 0.410 e. The Labute approximate surface area is 151 Å². The molecule has 5 heteroatoms. The zero-order valence-electron chi connectivity index (χ0n) is 15.3. The van der Waals surface area contributed by atoms with Crippen LogP contribution in [-0.4, -0.2) is 54.2 Å². The molecular formula is C20H31N3O2. The number of hydrogen-bond acceptors (Lipinski definition) is 4. The lowest BCUT2D eigenvalue weighted by molar-refractivity contribution is 0.0534. The van der Waals surface area contributed by atoms with Crippen LogP contribution in [-0.2, 0) is 11.3 Å². The van der Waals surface area contributed by atoms with Crippen LogP contribution in [0.5, 0.6) is 0 Å². The van der Waals surface area contributed by atoms with Gasteiger partial charge in [-0.25, -0.2) is 4.79 Å². The number of benzene rings is 1. The number of nitrogens with zero attached hydrogens (tertiary/aromatic N) is 2. The highest BCUT2D eigenvalue weighted by molar-refractivity contribution is 5.67. The summed E-state index contributed by atoms with van der Waals surface area (Å²) < 4.78 is 5.45. The Hall–Kier alpha value is -1.59. The summed E-state index contributed by atoms with van der Waals surface area (Å²) in [7, 11) is 2.21. The van der Waals surface area contributed by atoms with E-state index in [1.54, 1.807) is 0 Å². The number of rotatable bonds is 4. The van der Waals surface area contributed by atoms with Crippen molar-refractivity contribution in [1.82, 2.24) is 9.80 Å². The van der Waals surface area contributed by atoms with E-state index in [0.717, 1.165) is 37.9 Å². The van der Waals surface area contributed by atoms with E-state index in [1.807, 2.05) is 35.2 Å². The number of carbonyl (C=O) groups is 1. The minimum atomic E-state index is -0.195. The van der Waals surface area contributed by atoms with Gasteiger partial charge in [0, 0.05) is 31.2 Å². The van der Waals surface area contributed by atoms with Gasteiger partial charge in [0.05, 0.1) is 0 Å². The SMILES string of the molecule is CN(C1CCN(C(=O)OCc2ccccc2)CC1)[C@H]1CCCC[C@H]1N. The third kappa shape index (κ3) is 4.73. The summed E-state index contributed by atoms with van der Waals surface area (Å²) in [4.78, 5) is 16.6. The van der Waals surface area contributed by atoms with Crippen molar-refractivity contribution in [2.24, 2.45) is 5.73 Å². The van der Waals surface area contributed by atoms with Crippen molar-refractivity contribution >= 4 is 6.09 Å². The number of hydrogen-bond donors (Lipinski definition) is 1. The van der Waals surface area contributed by atoms with Crippen LogP contribution in [0, 0.1) is 0 Å². The number of likely N-dealkylation sites (tertiary alicyclic amines) is 1. The zero-order valence-corrected chi connectivity index (χ0v) is 15.3. The number of amides is 1. The second-order valence-electron chi connectivity index (χ2n) is 7.44. The van der Waals surface area contributed by atoms with Crippen LogP contribution in [0.2, 0.25) is 0 Å². The van der Waals surface area contributed by atoms with Gasteiger partial charge in [-0.2, -0.15) is 0 Å². The molecular weight excluding hydrogens is 314 g/mol. The van der Waals surface area contributed by atoms with E-state index in [1.165, 1.54) is 19.3 Å². The molecule has 0 radical (unpaired) electrons. The maximum atomic E-state index is 12.3. The van der Waals surface area contributed by atoms with Gasteiger partial charge in [-0.05, 0) is 38.3 Å². The predicted octanol–water partition coefficient (Wildman–Crippen LogP) is 2.99. The van der Waals surface area contributed by atoms with Crippen molar-refractivity contribution < 1.29 is 9.53 Å². The van der Waals surface area contributed by atoms with Gasteiger partial charge in [0.2, 0.25) is 0 Å². The molecule has 2 fully saturated rings. The lowest BCUT2D eigenvalue weighted by Crippen LogP contribution is -2.54. The molecule has 0 unspecified atom stereocenters. The molecule has 0 bridgehead atoms. The highest BCUT2D eigenvalue weighted by Gasteiger charge is 2.32. The molecule has 1 aromatic rings.